The first-order valence-corrected chi connectivity index (χ1v) is 21.6. The highest BCUT2D eigenvalue weighted by molar-refractivity contribution is 7.25. The van der Waals surface area contributed by atoms with Gasteiger partial charge in [0.15, 0.2) is 0 Å². The van der Waals surface area contributed by atoms with Gasteiger partial charge in [-0.25, -0.2) is 0 Å². The molecule has 0 saturated carbocycles. The third-order valence-electron chi connectivity index (χ3n) is 12.3. The average Bonchev–Trinajstić information content (AvgIpc) is 3.83. The van der Waals surface area contributed by atoms with E-state index in [2.05, 4.69) is 240 Å². The minimum absolute atomic E-state index is 1.13. The Labute approximate surface area is 358 Å². The lowest BCUT2D eigenvalue weighted by atomic mass is 9.98. The van der Waals surface area contributed by atoms with Crippen LogP contribution in [0.4, 0.5) is 34.1 Å². The topological polar surface area (TPSA) is 11.4 Å². The van der Waals surface area contributed by atoms with Gasteiger partial charge in [0.1, 0.15) is 0 Å². The van der Waals surface area contributed by atoms with Crippen LogP contribution in [0.1, 0.15) is 0 Å². The van der Waals surface area contributed by atoms with E-state index in [1.54, 1.807) is 0 Å². The molecule has 10 aromatic carbocycles. The molecule has 3 nitrogen and oxygen atoms in total. The van der Waals surface area contributed by atoms with Crippen LogP contribution < -0.4 is 9.80 Å². The summed E-state index contributed by atoms with van der Waals surface area (Å²) < 4.78 is 4.91. The van der Waals surface area contributed by atoms with Crippen molar-refractivity contribution in [1.82, 2.24) is 4.57 Å². The summed E-state index contributed by atoms with van der Waals surface area (Å²) in [4.78, 5) is 4.74. The van der Waals surface area contributed by atoms with Crippen molar-refractivity contribution in [2.75, 3.05) is 9.80 Å². The fourth-order valence-corrected chi connectivity index (χ4v) is 10.4. The molecule has 12 rings (SSSR count). The molecule has 0 atom stereocenters. The lowest BCUT2D eigenvalue weighted by Crippen LogP contribution is -2.09. The van der Waals surface area contributed by atoms with Crippen LogP contribution >= 0.6 is 11.3 Å². The number of benzene rings is 10. The summed E-state index contributed by atoms with van der Waals surface area (Å²) in [5.74, 6) is 0. The molecule has 2 heterocycles. The first-order valence-electron chi connectivity index (χ1n) is 20.8. The van der Waals surface area contributed by atoms with Crippen molar-refractivity contribution in [3.05, 3.63) is 218 Å². The van der Waals surface area contributed by atoms with Crippen LogP contribution in [-0.2, 0) is 7.05 Å². The number of aromatic nitrogens is 1. The van der Waals surface area contributed by atoms with Gasteiger partial charge in [-0.2, -0.15) is 0 Å². The molecule has 0 unspecified atom stereocenters. The molecule has 0 aliphatic heterocycles. The van der Waals surface area contributed by atoms with Gasteiger partial charge in [0.25, 0.3) is 0 Å². The fourth-order valence-electron chi connectivity index (χ4n) is 9.30. The molecule has 0 spiro atoms. The smallest absolute Gasteiger partial charge is 0.0490 e. The summed E-state index contributed by atoms with van der Waals surface area (Å²) in [6.07, 6.45) is 0. The van der Waals surface area contributed by atoms with Gasteiger partial charge in [-0.1, -0.05) is 109 Å². The van der Waals surface area contributed by atoms with Gasteiger partial charge in [0.05, 0.1) is 0 Å². The van der Waals surface area contributed by atoms with Crippen molar-refractivity contribution in [2.45, 2.75) is 0 Å². The van der Waals surface area contributed by atoms with E-state index in [9.17, 15) is 0 Å². The van der Waals surface area contributed by atoms with E-state index in [1.165, 1.54) is 74.6 Å². The standard InChI is InChI=1S/C57H39N3S/c1-58-54-18-10-8-16-50(54)52-36-48(28-30-55(52)58)59(44-12-4-2-5-13-44)46-26-24-40-32-38(20-22-42(40)34-46)39-21-23-43-35-47(27-25-41(43)33-39)60(45-14-6-3-7-15-45)49-29-31-57-53(37-49)51-17-9-11-19-56(51)61-57/h2-37H,1H3. The third-order valence-corrected chi connectivity index (χ3v) is 13.5. The van der Waals surface area contributed by atoms with Gasteiger partial charge >= 0.3 is 0 Å². The number of hydrogen-bond acceptors (Lipinski definition) is 3. The van der Waals surface area contributed by atoms with Crippen LogP contribution in [0.3, 0.4) is 0 Å². The van der Waals surface area contributed by atoms with Gasteiger partial charge in [-0.05, 0) is 142 Å². The molecule has 0 aliphatic carbocycles. The van der Waals surface area contributed by atoms with Crippen molar-refractivity contribution >= 4 is 109 Å². The van der Waals surface area contributed by atoms with Crippen molar-refractivity contribution in [3.63, 3.8) is 0 Å². The zero-order valence-corrected chi connectivity index (χ0v) is 34.4. The van der Waals surface area contributed by atoms with Gasteiger partial charge < -0.3 is 14.4 Å². The number of rotatable bonds is 7. The molecule has 0 N–H and O–H groups in total. The van der Waals surface area contributed by atoms with Gasteiger partial charge in [-0.3, -0.25) is 0 Å². The SMILES string of the molecule is Cn1c2ccccc2c2cc(N(c3ccccc3)c3ccc4cc(-c5ccc6cc(N(c7ccccc7)c7ccc8sc9ccccc9c8c7)ccc6c5)ccc4c3)ccc21. The molecule has 0 saturated heterocycles. The summed E-state index contributed by atoms with van der Waals surface area (Å²) in [6.45, 7) is 0. The van der Waals surface area contributed by atoms with E-state index in [1.807, 2.05) is 11.3 Å². The fraction of sp³-hybridized carbons (Fsp3) is 0.0175. The van der Waals surface area contributed by atoms with Crippen LogP contribution in [-0.4, -0.2) is 4.57 Å². The van der Waals surface area contributed by atoms with Crippen LogP contribution in [0.2, 0.25) is 0 Å². The minimum atomic E-state index is 1.13. The Morgan fingerprint density at radius 2 is 0.754 bits per heavy atom. The average molecular weight is 798 g/mol. The number of fused-ring (bicyclic) bond motifs is 8. The van der Waals surface area contributed by atoms with Gasteiger partial charge in [0, 0.05) is 83.2 Å². The number of hydrogen-bond donors (Lipinski definition) is 0. The first-order chi connectivity index (χ1) is 30.1. The number of nitrogens with zero attached hydrogens (tertiary/aromatic N) is 3. The summed E-state index contributed by atoms with van der Waals surface area (Å²) in [6, 6.07) is 79.9. The summed E-state index contributed by atoms with van der Waals surface area (Å²) in [7, 11) is 2.15. The molecule has 0 aliphatic rings. The number of thiophene rings is 1. The van der Waals surface area contributed by atoms with Crippen LogP contribution in [0.15, 0.2) is 218 Å². The van der Waals surface area contributed by atoms with Crippen molar-refractivity contribution < 1.29 is 0 Å². The molecule has 0 bridgehead atoms. The molecular formula is C57H39N3S. The van der Waals surface area contributed by atoms with E-state index in [-0.39, 0.29) is 0 Å². The Kier molecular flexibility index (Phi) is 8.25. The van der Waals surface area contributed by atoms with Crippen LogP contribution in [0.25, 0.3) is 74.6 Å². The lowest BCUT2D eigenvalue weighted by Gasteiger charge is -2.26. The molecule has 288 valence electrons. The monoisotopic (exact) mass is 797 g/mol. The number of aryl methyl sites for hydroxylation is 1. The quantitative estimate of drug-likeness (QED) is 0.159. The molecule has 0 radical (unpaired) electrons. The predicted molar refractivity (Wildman–Crippen MR) is 263 cm³/mol. The largest absolute Gasteiger partial charge is 0.344 e. The maximum atomic E-state index is 2.37. The Bertz CT molecular complexity index is 3620. The molecule has 2 aromatic heterocycles. The molecule has 0 amide bonds. The second kappa shape index (κ2) is 14.3. The van der Waals surface area contributed by atoms with Crippen molar-refractivity contribution in [1.29, 1.82) is 0 Å². The van der Waals surface area contributed by atoms with E-state index < -0.39 is 0 Å². The second-order valence-corrected chi connectivity index (χ2v) is 17.0. The highest BCUT2D eigenvalue weighted by atomic mass is 32.1. The van der Waals surface area contributed by atoms with Crippen molar-refractivity contribution in [2.24, 2.45) is 7.05 Å². The maximum absolute atomic E-state index is 2.37. The maximum Gasteiger partial charge on any atom is 0.0490 e. The summed E-state index contributed by atoms with van der Waals surface area (Å²) in [5.41, 5.74) is 11.7. The van der Waals surface area contributed by atoms with E-state index in [0.717, 1.165) is 34.1 Å². The van der Waals surface area contributed by atoms with Crippen LogP contribution in [0.5, 0.6) is 0 Å². The Morgan fingerprint density at radius 1 is 0.311 bits per heavy atom. The molecular weight excluding hydrogens is 759 g/mol. The summed E-state index contributed by atoms with van der Waals surface area (Å²) in [5, 5.41) is 9.96. The molecule has 61 heavy (non-hydrogen) atoms. The Balaban J connectivity index is 0.890. The molecule has 0 fully saturated rings. The Morgan fingerprint density at radius 3 is 1.39 bits per heavy atom. The van der Waals surface area contributed by atoms with Gasteiger partial charge in [0.2, 0.25) is 0 Å². The summed E-state index contributed by atoms with van der Waals surface area (Å²) >= 11 is 1.86. The van der Waals surface area contributed by atoms with Crippen LogP contribution in [0, 0.1) is 0 Å². The lowest BCUT2D eigenvalue weighted by molar-refractivity contribution is 1.01. The second-order valence-electron chi connectivity index (χ2n) is 15.9. The normalized spacial score (nSPS) is 11.7. The molecule has 12 aromatic rings. The first kappa shape index (κ1) is 35.3. The highest BCUT2D eigenvalue weighted by Gasteiger charge is 2.18. The highest BCUT2D eigenvalue weighted by Crippen LogP contribution is 2.43. The van der Waals surface area contributed by atoms with E-state index >= 15 is 0 Å². The minimum Gasteiger partial charge on any atom is -0.344 e. The zero-order chi connectivity index (χ0) is 40.4. The Hall–Kier alpha value is -7.66. The number of anilines is 6. The zero-order valence-electron chi connectivity index (χ0n) is 33.5. The van der Waals surface area contributed by atoms with Gasteiger partial charge in [-0.15, -0.1) is 11.3 Å². The van der Waals surface area contributed by atoms with E-state index in [0.29, 0.717) is 0 Å². The molecule has 4 heteroatoms. The van der Waals surface area contributed by atoms with E-state index in [4.69, 9.17) is 0 Å². The van der Waals surface area contributed by atoms with Crippen molar-refractivity contribution in [3.8, 4) is 11.1 Å². The predicted octanol–water partition coefficient (Wildman–Crippen LogP) is 16.6. The third kappa shape index (κ3) is 6.03. The number of para-hydroxylation sites is 3.